The average Bonchev–Trinajstić information content (AvgIpc) is 3.24. The van der Waals surface area contributed by atoms with Crippen LogP contribution >= 0.6 is 0 Å². The maximum atomic E-state index is 12.6. The Labute approximate surface area is 122 Å². The summed E-state index contributed by atoms with van der Waals surface area (Å²) < 4.78 is 0. The molecule has 0 aromatic carbocycles. The molecule has 4 heteroatoms. The van der Waals surface area contributed by atoms with E-state index in [1.165, 1.54) is 12.8 Å². The Balaban J connectivity index is 1.99. The molecule has 0 spiro atoms. The second-order valence-corrected chi connectivity index (χ2v) is 6.22. The van der Waals surface area contributed by atoms with Gasteiger partial charge in [0, 0.05) is 6.54 Å². The molecule has 1 aliphatic heterocycles. The summed E-state index contributed by atoms with van der Waals surface area (Å²) in [6.45, 7) is 5.00. The van der Waals surface area contributed by atoms with Crippen LogP contribution in [0.15, 0.2) is 0 Å². The van der Waals surface area contributed by atoms with Crippen LogP contribution in [-0.2, 0) is 9.59 Å². The maximum absolute atomic E-state index is 12.6. The molecule has 114 valence electrons. The number of hydrogen-bond donors (Lipinski definition) is 1. The van der Waals surface area contributed by atoms with Gasteiger partial charge < -0.3 is 10.2 Å². The third kappa shape index (κ3) is 3.53. The van der Waals surface area contributed by atoms with Crippen molar-refractivity contribution in [3.8, 4) is 0 Å². The summed E-state index contributed by atoms with van der Waals surface area (Å²) in [5.41, 5.74) is 0. The first kappa shape index (κ1) is 15.3. The molecule has 20 heavy (non-hydrogen) atoms. The van der Waals surface area contributed by atoms with Crippen LogP contribution in [0.1, 0.15) is 65.2 Å². The molecule has 2 atom stereocenters. The number of carbonyl (C=O) groups is 2. The van der Waals surface area contributed by atoms with Crippen molar-refractivity contribution in [2.24, 2.45) is 5.92 Å². The van der Waals surface area contributed by atoms with Gasteiger partial charge in [-0.15, -0.1) is 0 Å². The van der Waals surface area contributed by atoms with Crippen molar-refractivity contribution >= 4 is 11.8 Å². The molecule has 1 saturated heterocycles. The summed E-state index contributed by atoms with van der Waals surface area (Å²) in [5, 5.41) is 2.94. The molecule has 2 rings (SSSR count). The topological polar surface area (TPSA) is 49.4 Å². The molecule has 1 saturated carbocycles. The van der Waals surface area contributed by atoms with Crippen LogP contribution in [0.5, 0.6) is 0 Å². The van der Waals surface area contributed by atoms with E-state index in [9.17, 15) is 9.59 Å². The standard InChI is InChI=1S/C16H28N2O2/c1-3-5-6-7-11-18-14(12-9-10-12)15(19)17-13(8-4-2)16(18)20/h12-14H,3-11H2,1-2H3,(H,17,19). The Morgan fingerprint density at radius 1 is 1.10 bits per heavy atom. The summed E-state index contributed by atoms with van der Waals surface area (Å²) in [7, 11) is 0. The van der Waals surface area contributed by atoms with Crippen molar-refractivity contribution in [3.05, 3.63) is 0 Å². The molecule has 0 radical (unpaired) electrons. The number of amides is 2. The highest BCUT2D eigenvalue weighted by atomic mass is 16.2. The van der Waals surface area contributed by atoms with Gasteiger partial charge >= 0.3 is 0 Å². The zero-order chi connectivity index (χ0) is 14.5. The largest absolute Gasteiger partial charge is 0.342 e. The monoisotopic (exact) mass is 280 g/mol. The minimum absolute atomic E-state index is 0.0843. The Bertz CT molecular complexity index is 352. The minimum atomic E-state index is -0.284. The molecule has 2 unspecified atom stereocenters. The van der Waals surface area contributed by atoms with E-state index in [-0.39, 0.29) is 23.9 Å². The lowest BCUT2D eigenvalue weighted by atomic mass is 10.00. The molecular weight excluding hydrogens is 252 g/mol. The molecule has 0 aromatic rings. The first-order chi connectivity index (χ1) is 9.69. The molecule has 1 aliphatic carbocycles. The van der Waals surface area contributed by atoms with E-state index in [0.717, 1.165) is 45.1 Å². The Kier molecular flexibility index (Phi) is 5.44. The van der Waals surface area contributed by atoms with E-state index in [1.54, 1.807) is 0 Å². The van der Waals surface area contributed by atoms with Crippen LogP contribution < -0.4 is 5.32 Å². The number of hydrogen-bond acceptors (Lipinski definition) is 2. The van der Waals surface area contributed by atoms with Crippen molar-refractivity contribution in [3.63, 3.8) is 0 Å². The predicted octanol–water partition coefficient (Wildman–Crippen LogP) is 2.47. The van der Waals surface area contributed by atoms with Crippen molar-refractivity contribution in [2.45, 2.75) is 77.3 Å². The van der Waals surface area contributed by atoms with Gasteiger partial charge in [0.05, 0.1) is 0 Å². The van der Waals surface area contributed by atoms with Crippen LogP contribution in [0.3, 0.4) is 0 Å². The number of piperazine rings is 1. The van der Waals surface area contributed by atoms with Gasteiger partial charge in [0.2, 0.25) is 11.8 Å². The van der Waals surface area contributed by atoms with E-state index in [1.807, 2.05) is 4.90 Å². The SMILES string of the molecule is CCCCCCN1C(=O)C(CCC)NC(=O)C1C1CC1. The average molecular weight is 280 g/mol. The van der Waals surface area contributed by atoms with Crippen molar-refractivity contribution in [1.29, 1.82) is 0 Å². The van der Waals surface area contributed by atoms with Gasteiger partial charge in [0.1, 0.15) is 12.1 Å². The van der Waals surface area contributed by atoms with Gasteiger partial charge in [-0.05, 0) is 31.6 Å². The fourth-order valence-electron chi connectivity index (χ4n) is 3.12. The highest BCUT2D eigenvalue weighted by Gasteiger charge is 2.47. The Morgan fingerprint density at radius 3 is 2.45 bits per heavy atom. The molecule has 0 aromatic heterocycles. The molecule has 1 N–H and O–H groups in total. The number of nitrogens with zero attached hydrogens (tertiary/aromatic N) is 1. The Hall–Kier alpha value is -1.06. The molecule has 4 nitrogen and oxygen atoms in total. The minimum Gasteiger partial charge on any atom is -0.342 e. The predicted molar refractivity (Wildman–Crippen MR) is 79.2 cm³/mol. The lowest BCUT2D eigenvalue weighted by Crippen LogP contribution is -2.64. The molecule has 1 heterocycles. The van der Waals surface area contributed by atoms with Crippen LogP contribution in [0.4, 0.5) is 0 Å². The van der Waals surface area contributed by atoms with Crippen molar-refractivity contribution in [1.82, 2.24) is 10.2 Å². The van der Waals surface area contributed by atoms with Gasteiger partial charge in [-0.2, -0.15) is 0 Å². The number of rotatable bonds is 8. The number of unbranched alkanes of at least 4 members (excludes halogenated alkanes) is 3. The first-order valence-electron chi connectivity index (χ1n) is 8.29. The highest BCUT2D eigenvalue weighted by Crippen LogP contribution is 2.37. The van der Waals surface area contributed by atoms with Gasteiger partial charge in [-0.1, -0.05) is 39.5 Å². The zero-order valence-corrected chi connectivity index (χ0v) is 12.9. The van der Waals surface area contributed by atoms with Gasteiger partial charge in [0.15, 0.2) is 0 Å². The lowest BCUT2D eigenvalue weighted by molar-refractivity contribution is -0.150. The molecule has 0 bridgehead atoms. The van der Waals surface area contributed by atoms with Gasteiger partial charge in [-0.25, -0.2) is 0 Å². The smallest absolute Gasteiger partial charge is 0.245 e. The fraction of sp³-hybridized carbons (Fsp3) is 0.875. The Morgan fingerprint density at radius 2 is 1.85 bits per heavy atom. The summed E-state index contributed by atoms with van der Waals surface area (Å²) in [4.78, 5) is 26.8. The van der Waals surface area contributed by atoms with Crippen LogP contribution in [0, 0.1) is 5.92 Å². The first-order valence-corrected chi connectivity index (χ1v) is 8.29. The third-order valence-corrected chi connectivity index (χ3v) is 4.40. The third-order valence-electron chi connectivity index (χ3n) is 4.40. The number of nitrogens with one attached hydrogen (secondary N) is 1. The molecule has 2 amide bonds. The van der Waals surface area contributed by atoms with Crippen LogP contribution in [0.25, 0.3) is 0 Å². The van der Waals surface area contributed by atoms with Crippen molar-refractivity contribution in [2.75, 3.05) is 6.54 Å². The molecular formula is C16H28N2O2. The summed E-state index contributed by atoms with van der Waals surface area (Å²) in [6.07, 6.45) is 8.44. The normalized spacial score (nSPS) is 26.8. The highest BCUT2D eigenvalue weighted by molar-refractivity contribution is 5.97. The van der Waals surface area contributed by atoms with E-state index in [0.29, 0.717) is 5.92 Å². The quantitative estimate of drug-likeness (QED) is 0.694. The van der Waals surface area contributed by atoms with Crippen LogP contribution in [0.2, 0.25) is 0 Å². The molecule has 2 fully saturated rings. The number of carbonyl (C=O) groups excluding carboxylic acids is 2. The zero-order valence-electron chi connectivity index (χ0n) is 12.9. The van der Waals surface area contributed by atoms with Gasteiger partial charge in [-0.3, -0.25) is 9.59 Å². The molecule has 2 aliphatic rings. The maximum Gasteiger partial charge on any atom is 0.245 e. The van der Waals surface area contributed by atoms with Crippen molar-refractivity contribution < 1.29 is 9.59 Å². The summed E-state index contributed by atoms with van der Waals surface area (Å²) >= 11 is 0. The van der Waals surface area contributed by atoms with E-state index in [2.05, 4.69) is 19.2 Å². The van der Waals surface area contributed by atoms with Crippen LogP contribution in [-0.4, -0.2) is 35.3 Å². The second-order valence-electron chi connectivity index (χ2n) is 6.22. The fourth-order valence-corrected chi connectivity index (χ4v) is 3.12. The van der Waals surface area contributed by atoms with E-state index < -0.39 is 0 Å². The summed E-state index contributed by atoms with van der Waals surface area (Å²) in [5.74, 6) is 0.647. The van der Waals surface area contributed by atoms with E-state index in [4.69, 9.17) is 0 Å². The van der Waals surface area contributed by atoms with E-state index >= 15 is 0 Å². The lowest BCUT2D eigenvalue weighted by Gasteiger charge is -2.39. The second kappa shape index (κ2) is 7.09. The summed E-state index contributed by atoms with van der Waals surface area (Å²) in [6, 6.07) is -0.467. The van der Waals surface area contributed by atoms with Gasteiger partial charge in [0.25, 0.3) is 0 Å².